The highest BCUT2D eigenvalue weighted by Gasteiger charge is 2.10. The summed E-state index contributed by atoms with van der Waals surface area (Å²) < 4.78 is 3.82. The molecule has 2 heterocycles. The number of aromatic nitrogens is 2. The lowest BCUT2D eigenvalue weighted by molar-refractivity contribution is 0.0953. The lowest BCUT2D eigenvalue weighted by Crippen LogP contribution is -2.26. The first-order chi connectivity index (χ1) is 10.6. The molecule has 0 spiro atoms. The number of halogens is 2. The monoisotopic (exact) mass is 469 g/mol. The molecule has 4 nitrogen and oxygen atoms in total. The average molecular weight is 470 g/mol. The standard InChI is InChI=1S/C16H13BrIN3O/c17-11-4-5-14(18)13(9-11)16(22)19-7-6-12-10-21-8-2-1-3-15(21)20-12/h1-5,8-10H,6-7H2,(H,19,22). The van der Waals surface area contributed by atoms with Gasteiger partial charge in [-0.2, -0.15) is 0 Å². The highest BCUT2D eigenvalue weighted by atomic mass is 127. The molecule has 3 aromatic rings. The summed E-state index contributed by atoms with van der Waals surface area (Å²) in [5, 5.41) is 2.95. The molecule has 0 saturated heterocycles. The summed E-state index contributed by atoms with van der Waals surface area (Å²) in [6.07, 6.45) is 4.66. The Morgan fingerprint density at radius 3 is 3.00 bits per heavy atom. The molecule has 1 aromatic carbocycles. The number of pyridine rings is 1. The first kappa shape index (κ1) is 15.5. The fourth-order valence-electron chi connectivity index (χ4n) is 2.18. The van der Waals surface area contributed by atoms with Crippen LogP contribution in [-0.2, 0) is 6.42 Å². The molecule has 22 heavy (non-hydrogen) atoms. The van der Waals surface area contributed by atoms with Crippen molar-refractivity contribution in [2.24, 2.45) is 0 Å². The summed E-state index contributed by atoms with van der Waals surface area (Å²) in [5.41, 5.74) is 2.57. The highest BCUT2D eigenvalue weighted by Crippen LogP contribution is 2.18. The van der Waals surface area contributed by atoms with Crippen LogP contribution in [0.2, 0.25) is 0 Å². The number of carbonyl (C=O) groups is 1. The molecule has 0 saturated carbocycles. The molecule has 1 amide bonds. The normalized spacial score (nSPS) is 10.8. The van der Waals surface area contributed by atoms with Crippen LogP contribution in [0.5, 0.6) is 0 Å². The van der Waals surface area contributed by atoms with Crippen LogP contribution in [0, 0.1) is 3.57 Å². The predicted molar refractivity (Wildman–Crippen MR) is 98.1 cm³/mol. The van der Waals surface area contributed by atoms with Crippen molar-refractivity contribution in [2.45, 2.75) is 6.42 Å². The van der Waals surface area contributed by atoms with E-state index in [1.54, 1.807) is 0 Å². The third-order valence-corrected chi connectivity index (χ3v) is 4.69. The molecule has 2 aromatic heterocycles. The molecule has 112 valence electrons. The molecular formula is C16H13BrIN3O. The van der Waals surface area contributed by atoms with Gasteiger partial charge in [0.15, 0.2) is 0 Å². The van der Waals surface area contributed by atoms with Crippen LogP contribution in [0.25, 0.3) is 5.65 Å². The topological polar surface area (TPSA) is 46.4 Å². The van der Waals surface area contributed by atoms with Crippen molar-refractivity contribution >= 4 is 50.1 Å². The van der Waals surface area contributed by atoms with Crippen LogP contribution in [0.3, 0.4) is 0 Å². The van der Waals surface area contributed by atoms with Gasteiger partial charge in [-0.05, 0) is 52.9 Å². The van der Waals surface area contributed by atoms with Crippen molar-refractivity contribution in [1.29, 1.82) is 0 Å². The minimum Gasteiger partial charge on any atom is -0.352 e. The second-order valence-electron chi connectivity index (χ2n) is 4.83. The maximum atomic E-state index is 12.2. The fourth-order valence-corrected chi connectivity index (χ4v) is 3.12. The van der Waals surface area contributed by atoms with Crippen molar-refractivity contribution < 1.29 is 4.79 Å². The lowest BCUT2D eigenvalue weighted by atomic mass is 10.2. The predicted octanol–water partition coefficient (Wildman–Crippen LogP) is 3.67. The van der Waals surface area contributed by atoms with Crippen LogP contribution in [-0.4, -0.2) is 21.8 Å². The summed E-state index contributed by atoms with van der Waals surface area (Å²) >= 11 is 5.56. The number of imidazole rings is 1. The quantitative estimate of drug-likeness (QED) is 0.592. The van der Waals surface area contributed by atoms with Gasteiger partial charge >= 0.3 is 0 Å². The number of carbonyl (C=O) groups excluding carboxylic acids is 1. The summed E-state index contributed by atoms with van der Waals surface area (Å²) in [6, 6.07) is 11.6. The van der Waals surface area contributed by atoms with E-state index in [2.05, 4.69) is 48.8 Å². The first-order valence-corrected chi connectivity index (χ1v) is 8.66. The van der Waals surface area contributed by atoms with Gasteiger partial charge in [0, 0.05) is 33.4 Å². The molecule has 0 radical (unpaired) electrons. The molecule has 1 N–H and O–H groups in total. The summed E-state index contributed by atoms with van der Waals surface area (Å²) in [5.74, 6) is -0.0607. The van der Waals surface area contributed by atoms with Crippen molar-refractivity contribution in [3.63, 3.8) is 0 Å². The molecule has 0 unspecified atom stereocenters. The van der Waals surface area contributed by atoms with E-state index in [0.717, 1.165) is 19.4 Å². The van der Waals surface area contributed by atoms with Crippen LogP contribution in [0.4, 0.5) is 0 Å². The average Bonchev–Trinajstić information content (AvgIpc) is 2.92. The Balaban J connectivity index is 1.62. The Kier molecular flexibility index (Phi) is 4.77. The van der Waals surface area contributed by atoms with Gasteiger partial charge in [-0.15, -0.1) is 0 Å². The maximum absolute atomic E-state index is 12.2. The molecule has 0 atom stereocenters. The minimum absolute atomic E-state index is 0.0607. The molecule has 0 aliphatic carbocycles. The SMILES string of the molecule is O=C(NCCc1cn2ccccc2n1)c1cc(Br)ccc1I. The number of rotatable bonds is 4. The number of fused-ring (bicyclic) bond motifs is 1. The van der Waals surface area contributed by atoms with Crippen LogP contribution >= 0.6 is 38.5 Å². The van der Waals surface area contributed by atoms with Crippen molar-refractivity contribution in [1.82, 2.24) is 14.7 Å². The number of hydrogen-bond donors (Lipinski definition) is 1. The molecule has 0 bridgehead atoms. The Morgan fingerprint density at radius 2 is 2.18 bits per heavy atom. The number of benzene rings is 1. The van der Waals surface area contributed by atoms with Crippen LogP contribution in [0.1, 0.15) is 16.1 Å². The zero-order valence-electron chi connectivity index (χ0n) is 11.6. The molecule has 0 aliphatic heterocycles. The summed E-state index contributed by atoms with van der Waals surface area (Å²) in [6.45, 7) is 0.561. The second-order valence-corrected chi connectivity index (χ2v) is 6.91. The van der Waals surface area contributed by atoms with Gasteiger partial charge in [0.25, 0.3) is 5.91 Å². The molecule has 0 aliphatic rings. The van der Waals surface area contributed by atoms with Crippen LogP contribution < -0.4 is 5.32 Å². The number of hydrogen-bond acceptors (Lipinski definition) is 2. The lowest BCUT2D eigenvalue weighted by Gasteiger charge is -2.06. The third-order valence-electron chi connectivity index (χ3n) is 3.25. The second kappa shape index (κ2) is 6.78. The summed E-state index contributed by atoms with van der Waals surface area (Å²) in [4.78, 5) is 16.7. The Labute approximate surface area is 150 Å². The number of nitrogens with one attached hydrogen (secondary N) is 1. The smallest absolute Gasteiger partial charge is 0.252 e. The zero-order valence-corrected chi connectivity index (χ0v) is 15.3. The van der Waals surface area contributed by atoms with Gasteiger partial charge in [-0.1, -0.05) is 22.0 Å². The minimum atomic E-state index is -0.0607. The van der Waals surface area contributed by atoms with E-state index >= 15 is 0 Å². The van der Waals surface area contributed by atoms with Crippen LogP contribution in [0.15, 0.2) is 53.3 Å². The van der Waals surface area contributed by atoms with Gasteiger partial charge in [0.1, 0.15) is 5.65 Å². The molecule has 6 heteroatoms. The Hall–Kier alpha value is -1.41. The number of amides is 1. The fraction of sp³-hybridized carbons (Fsp3) is 0.125. The van der Waals surface area contributed by atoms with Crippen molar-refractivity contribution in [2.75, 3.05) is 6.54 Å². The summed E-state index contributed by atoms with van der Waals surface area (Å²) in [7, 11) is 0. The van der Waals surface area contributed by atoms with Gasteiger partial charge in [0.2, 0.25) is 0 Å². The van der Waals surface area contributed by atoms with Crippen molar-refractivity contribution in [3.8, 4) is 0 Å². The van der Waals surface area contributed by atoms with Gasteiger partial charge in [0.05, 0.1) is 11.3 Å². The molecule has 3 rings (SSSR count). The maximum Gasteiger partial charge on any atom is 0.252 e. The largest absolute Gasteiger partial charge is 0.352 e. The van der Waals surface area contributed by atoms with Gasteiger partial charge in [-0.25, -0.2) is 4.98 Å². The zero-order chi connectivity index (χ0) is 15.5. The third kappa shape index (κ3) is 3.49. The van der Waals surface area contributed by atoms with E-state index in [1.165, 1.54) is 0 Å². The van der Waals surface area contributed by atoms with Crippen molar-refractivity contribution in [3.05, 3.63) is 68.1 Å². The van der Waals surface area contributed by atoms with E-state index in [-0.39, 0.29) is 5.91 Å². The van der Waals surface area contributed by atoms with E-state index in [0.29, 0.717) is 18.5 Å². The van der Waals surface area contributed by atoms with E-state index in [4.69, 9.17) is 0 Å². The Morgan fingerprint density at radius 1 is 1.32 bits per heavy atom. The van der Waals surface area contributed by atoms with Gasteiger partial charge in [-0.3, -0.25) is 4.79 Å². The first-order valence-electron chi connectivity index (χ1n) is 6.79. The highest BCUT2D eigenvalue weighted by molar-refractivity contribution is 14.1. The number of nitrogens with zero attached hydrogens (tertiary/aromatic N) is 2. The van der Waals surface area contributed by atoms with E-state index in [9.17, 15) is 4.79 Å². The van der Waals surface area contributed by atoms with Gasteiger partial charge < -0.3 is 9.72 Å². The molecule has 0 fully saturated rings. The Bertz CT molecular complexity index is 798. The van der Waals surface area contributed by atoms with E-state index in [1.807, 2.05) is 53.2 Å². The molecular weight excluding hydrogens is 457 g/mol. The van der Waals surface area contributed by atoms with E-state index < -0.39 is 0 Å².